The molecule has 3 fully saturated rings. The van der Waals surface area contributed by atoms with E-state index in [1.807, 2.05) is 0 Å². The Kier molecular flexibility index (Phi) is 5.96. The second-order valence-corrected chi connectivity index (χ2v) is 11.0. The smallest absolute Gasteiger partial charge is 0.194 e. The van der Waals surface area contributed by atoms with Crippen molar-refractivity contribution < 1.29 is 8.42 Å². The predicted molar refractivity (Wildman–Crippen MR) is 104 cm³/mol. The van der Waals surface area contributed by atoms with Crippen LogP contribution in [-0.2, 0) is 9.84 Å². The van der Waals surface area contributed by atoms with Gasteiger partial charge in [-0.2, -0.15) is 0 Å². The molecule has 0 spiro atoms. The number of likely N-dealkylation sites (tertiary alicyclic amines) is 1. The van der Waals surface area contributed by atoms with E-state index in [0.29, 0.717) is 29.5 Å². The number of hydrogen-bond acceptors (Lipinski definition) is 3. The van der Waals surface area contributed by atoms with Crippen LogP contribution in [0.1, 0.15) is 65.2 Å². The van der Waals surface area contributed by atoms with Gasteiger partial charge in [0.1, 0.15) is 0 Å². The maximum absolute atomic E-state index is 11.7. The lowest BCUT2D eigenvalue weighted by atomic mass is 9.87. The molecule has 0 aromatic rings. The molecule has 6 heteroatoms. The number of aliphatic imine (C=N–C) groups is 1. The molecule has 5 nitrogen and oxygen atoms in total. The van der Waals surface area contributed by atoms with Gasteiger partial charge >= 0.3 is 0 Å². The first-order chi connectivity index (χ1) is 11.9. The second-order valence-electron chi connectivity index (χ2n) is 8.75. The van der Waals surface area contributed by atoms with Gasteiger partial charge in [0, 0.05) is 25.7 Å². The van der Waals surface area contributed by atoms with E-state index in [2.05, 4.69) is 24.1 Å². The molecule has 0 bridgehead atoms. The summed E-state index contributed by atoms with van der Waals surface area (Å²) in [5, 5.41) is 3.73. The number of nitrogens with one attached hydrogen (secondary N) is 1. The minimum atomic E-state index is -2.82. The first-order valence-corrected chi connectivity index (χ1v) is 12.0. The van der Waals surface area contributed by atoms with E-state index >= 15 is 0 Å². The van der Waals surface area contributed by atoms with Gasteiger partial charge in [0.25, 0.3) is 0 Å². The Hall–Kier alpha value is -0.780. The molecule has 2 heterocycles. The van der Waals surface area contributed by atoms with Crippen LogP contribution in [0.5, 0.6) is 0 Å². The summed E-state index contributed by atoms with van der Waals surface area (Å²) in [4.78, 5) is 7.33. The molecule has 0 amide bonds. The van der Waals surface area contributed by atoms with E-state index in [0.717, 1.165) is 25.5 Å². The molecule has 1 N–H and O–H groups in total. The molecule has 2 aliphatic heterocycles. The molecule has 25 heavy (non-hydrogen) atoms. The van der Waals surface area contributed by atoms with Gasteiger partial charge in [-0.25, -0.2) is 8.42 Å². The van der Waals surface area contributed by atoms with Gasteiger partial charge in [-0.05, 0) is 43.4 Å². The molecule has 3 aliphatic rings. The van der Waals surface area contributed by atoms with E-state index in [1.54, 1.807) is 0 Å². The third-order valence-electron chi connectivity index (χ3n) is 6.48. The van der Waals surface area contributed by atoms with Crippen LogP contribution in [0.3, 0.4) is 0 Å². The lowest BCUT2D eigenvalue weighted by Crippen LogP contribution is -2.46. The fourth-order valence-corrected chi connectivity index (χ4v) is 6.24. The Morgan fingerprint density at radius 3 is 2.60 bits per heavy atom. The van der Waals surface area contributed by atoms with Crippen LogP contribution in [0.15, 0.2) is 4.99 Å². The van der Waals surface area contributed by atoms with Gasteiger partial charge in [-0.15, -0.1) is 0 Å². The van der Waals surface area contributed by atoms with Crippen LogP contribution in [0.25, 0.3) is 0 Å². The molecule has 1 saturated carbocycles. The van der Waals surface area contributed by atoms with Crippen molar-refractivity contribution >= 4 is 15.8 Å². The lowest BCUT2D eigenvalue weighted by molar-refractivity contribution is 0.317. The second kappa shape index (κ2) is 7.85. The highest BCUT2D eigenvalue weighted by molar-refractivity contribution is 7.91. The minimum Gasteiger partial charge on any atom is -0.354 e. The van der Waals surface area contributed by atoms with E-state index in [9.17, 15) is 8.42 Å². The maximum Gasteiger partial charge on any atom is 0.194 e. The summed E-state index contributed by atoms with van der Waals surface area (Å²) in [6.07, 6.45) is 9.60. The normalized spacial score (nSPS) is 33.8. The molecule has 144 valence electrons. The zero-order valence-electron chi connectivity index (χ0n) is 16.0. The van der Waals surface area contributed by atoms with E-state index in [1.165, 1.54) is 44.9 Å². The van der Waals surface area contributed by atoms with Crippen molar-refractivity contribution in [3.05, 3.63) is 0 Å². The van der Waals surface area contributed by atoms with Gasteiger partial charge in [0.05, 0.1) is 11.5 Å². The molecular formula is C19H35N3O2S. The molecule has 0 aromatic carbocycles. The van der Waals surface area contributed by atoms with Gasteiger partial charge in [0.15, 0.2) is 15.8 Å². The Morgan fingerprint density at radius 1 is 1.24 bits per heavy atom. The van der Waals surface area contributed by atoms with Crippen molar-refractivity contribution in [1.29, 1.82) is 0 Å². The molecule has 2 unspecified atom stereocenters. The molecule has 0 aromatic heterocycles. The molecular weight excluding hydrogens is 334 g/mol. The first-order valence-electron chi connectivity index (χ1n) is 10.2. The van der Waals surface area contributed by atoms with Crippen molar-refractivity contribution in [3.63, 3.8) is 0 Å². The Balaban J connectivity index is 1.66. The van der Waals surface area contributed by atoms with Crippen molar-refractivity contribution in [2.45, 2.75) is 71.3 Å². The Bertz CT molecular complexity index is 583. The molecule has 2 saturated heterocycles. The highest BCUT2D eigenvalue weighted by atomic mass is 32.2. The summed E-state index contributed by atoms with van der Waals surface area (Å²) in [5.41, 5.74) is 0.381. The van der Waals surface area contributed by atoms with Crippen molar-refractivity contribution in [1.82, 2.24) is 10.2 Å². The fraction of sp³-hybridized carbons (Fsp3) is 0.947. The molecule has 1 aliphatic carbocycles. The van der Waals surface area contributed by atoms with E-state index in [4.69, 9.17) is 4.99 Å². The standard InChI is InChI=1S/C19H35N3O2S/c1-3-19(2)10-11-22(15-19)18(21-17-7-5-4-6-8-17)20-13-16-9-12-25(23,24)14-16/h16-17H,3-15H2,1-2H3,(H,20,21). The number of nitrogens with zero attached hydrogens (tertiary/aromatic N) is 2. The zero-order chi connectivity index (χ0) is 17.9. The summed E-state index contributed by atoms with van der Waals surface area (Å²) >= 11 is 0. The van der Waals surface area contributed by atoms with E-state index < -0.39 is 9.84 Å². The largest absolute Gasteiger partial charge is 0.354 e. The van der Waals surface area contributed by atoms with Gasteiger partial charge < -0.3 is 10.2 Å². The molecule has 0 radical (unpaired) electrons. The molecule has 2 atom stereocenters. The van der Waals surface area contributed by atoms with Crippen LogP contribution in [0.2, 0.25) is 0 Å². The average Bonchev–Trinajstić information content (AvgIpc) is 3.15. The third-order valence-corrected chi connectivity index (χ3v) is 8.31. The van der Waals surface area contributed by atoms with Gasteiger partial charge in [-0.1, -0.05) is 33.1 Å². The topological polar surface area (TPSA) is 61.8 Å². The summed E-state index contributed by atoms with van der Waals surface area (Å²) < 4.78 is 23.4. The van der Waals surface area contributed by atoms with E-state index in [-0.39, 0.29) is 5.92 Å². The highest BCUT2D eigenvalue weighted by Gasteiger charge is 2.35. The SMILES string of the molecule is CCC1(C)CCN(C(=NCC2CCS(=O)(=O)C2)NC2CCCCC2)C1. The number of guanidine groups is 1. The van der Waals surface area contributed by atoms with Crippen molar-refractivity contribution in [2.24, 2.45) is 16.3 Å². The number of hydrogen-bond donors (Lipinski definition) is 1. The third kappa shape index (κ3) is 5.11. The van der Waals surface area contributed by atoms with Crippen LogP contribution in [0.4, 0.5) is 0 Å². The quantitative estimate of drug-likeness (QED) is 0.611. The van der Waals surface area contributed by atoms with Crippen LogP contribution in [-0.4, -0.2) is 56.5 Å². The van der Waals surface area contributed by atoms with Crippen LogP contribution in [0, 0.1) is 11.3 Å². The maximum atomic E-state index is 11.7. The summed E-state index contributed by atoms with van der Waals surface area (Å²) in [6.45, 7) is 7.41. The van der Waals surface area contributed by atoms with Crippen LogP contribution >= 0.6 is 0 Å². The fourth-order valence-electron chi connectivity index (χ4n) is 4.39. The highest BCUT2D eigenvalue weighted by Crippen LogP contribution is 2.33. The lowest BCUT2D eigenvalue weighted by Gasteiger charge is -2.30. The Labute approximate surface area is 153 Å². The monoisotopic (exact) mass is 369 g/mol. The van der Waals surface area contributed by atoms with Crippen molar-refractivity contribution in [2.75, 3.05) is 31.1 Å². The Morgan fingerprint density at radius 2 is 2.00 bits per heavy atom. The zero-order valence-corrected chi connectivity index (χ0v) is 16.8. The van der Waals surface area contributed by atoms with Gasteiger partial charge in [-0.3, -0.25) is 4.99 Å². The summed E-state index contributed by atoms with van der Waals surface area (Å²) in [7, 11) is -2.82. The summed E-state index contributed by atoms with van der Waals surface area (Å²) in [5.74, 6) is 1.90. The predicted octanol–water partition coefficient (Wildman–Crippen LogP) is 2.82. The number of rotatable bonds is 4. The van der Waals surface area contributed by atoms with Crippen molar-refractivity contribution in [3.8, 4) is 0 Å². The minimum absolute atomic E-state index is 0.202. The van der Waals surface area contributed by atoms with Crippen LogP contribution < -0.4 is 5.32 Å². The first kappa shape index (κ1) is 19.0. The number of sulfone groups is 1. The average molecular weight is 370 g/mol. The summed E-state index contributed by atoms with van der Waals surface area (Å²) in [6, 6.07) is 0.535. The molecule has 3 rings (SSSR count). The van der Waals surface area contributed by atoms with Gasteiger partial charge in [0.2, 0.25) is 0 Å².